The molecule has 1 heterocycles. The van der Waals surface area contributed by atoms with Crippen LogP contribution in [0.1, 0.15) is 24.4 Å². The summed E-state index contributed by atoms with van der Waals surface area (Å²) in [4.78, 5) is 33.6. The van der Waals surface area contributed by atoms with Crippen molar-refractivity contribution in [1.29, 1.82) is 0 Å². The number of amides is 1. The molecule has 0 saturated heterocycles. The van der Waals surface area contributed by atoms with Gasteiger partial charge in [0.2, 0.25) is 0 Å². The van der Waals surface area contributed by atoms with Crippen LogP contribution < -0.4 is 10.9 Å². The first-order chi connectivity index (χ1) is 9.38. The summed E-state index contributed by atoms with van der Waals surface area (Å²) >= 11 is 0. The van der Waals surface area contributed by atoms with Gasteiger partial charge >= 0.3 is 5.63 Å². The average Bonchev–Trinajstić information content (AvgIpc) is 2.37. The Kier molecular flexibility index (Phi) is 3.51. The van der Waals surface area contributed by atoms with Gasteiger partial charge in [0.25, 0.3) is 11.6 Å². The van der Waals surface area contributed by atoms with Gasteiger partial charge in [-0.1, -0.05) is 0 Å². The topological polar surface area (TPSA) is 102 Å². The van der Waals surface area contributed by atoms with Gasteiger partial charge in [-0.05, 0) is 31.4 Å². The number of benzene rings is 1. The van der Waals surface area contributed by atoms with E-state index < -0.39 is 16.5 Å². The van der Waals surface area contributed by atoms with Crippen molar-refractivity contribution in [1.82, 2.24) is 5.32 Å². The predicted molar refractivity (Wildman–Crippen MR) is 71.7 cm³/mol. The van der Waals surface area contributed by atoms with E-state index in [2.05, 4.69) is 5.32 Å². The molecule has 2 aromatic rings. The number of fused-ring (bicyclic) bond motifs is 1. The normalized spacial score (nSPS) is 10.8. The minimum Gasteiger partial charge on any atom is -0.417 e. The fourth-order valence-electron chi connectivity index (χ4n) is 1.73. The molecule has 7 heteroatoms. The Balaban J connectivity index is 2.54. The third kappa shape index (κ3) is 2.66. The van der Waals surface area contributed by atoms with E-state index in [9.17, 15) is 19.7 Å². The standard InChI is InChI=1S/C13H12N2O5/c1-7(2)14-12(16)11-5-8-3-4-9(15(18)19)6-10(8)13(17)20-11/h3-7H,1-2H3,(H,14,16). The minimum atomic E-state index is -0.778. The Labute approximate surface area is 113 Å². The van der Waals surface area contributed by atoms with Crippen molar-refractivity contribution in [2.45, 2.75) is 19.9 Å². The third-order valence-corrected chi connectivity index (χ3v) is 2.60. The lowest BCUT2D eigenvalue weighted by atomic mass is 10.1. The molecule has 0 aliphatic rings. The summed E-state index contributed by atoms with van der Waals surface area (Å²) in [6.07, 6.45) is 0. The van der Waals surface area contributed by atoms with Gasteiger partial charge in [-0.25, -0.2) is 4.79 Å². The third-order valence-electron chi connectivity index (χ3n) is 2.60. The molecule has 1 aromatic carbocycles. The highest BCUT2D eigenvalue weighted by molar-refractivity contribution is 5.95. The zero-order valence-corrected chi connectivity index (χ0v) is 10.9. The molecule has 1 aromatic heterocycles. The highest BCUT2D eigenvalue weighted by Gasteiger charge is 2.15. The summed E-state index contributed by atoms with van der Waals surface area (Å²) in [5.74, 6) is -0.623. The quantitative estimate of drug-likeness (QED) is 0.680. The summed E-state index contributed by atoms with van der Waals surface area (Å²) in [6.45, 7) is 3.56. The van der Waals surface area contributed by atoms with Crippen molar-refractivity contribution in [3.63, 3.8) is 0 Å². The van der Waals surface area contributed by atoms with Gasteiger partial charge in [0, 0.05) is 18.2 Å². The van der Waals surface area contributed by atoms with Crippen LogP contribution in [-0.2, 0) is 0 Å². The largest absolute Gasteiger partial charge is 0.417 e. The van der Waals surface area contributed by atoms with Crippen LogP contribution in [0, 0.1) is 10.1 Å². The molecule has 2 rings (SSSR count). The number of hydrogen-bond acceptors (Lipinski definition) is 5. The molecule has 20 heavy (non-hydrogen) atoms. The van der Waals surface area contributed by atoms with Crippen molar-refractivity contribution < 1.29 is 14.1 Å². The van der Waals surface area contributed by atoms with Crippen LogP contribution in [0.3, 0.4) is 0 Å². The first-order valence-electron chi connectivity index (χ1n) is 5.91. The van der Waals surface area contributed by atoms with E-state index in [0.29, 0.717) is 5.39 Å². The number of carbonyl (C=O) groups excluding carboxylic acids is 1. The van der Waals surface area contributed by atoms with E-state index in [1.54, 1.807) is 13.8 Å². The van der Waals surface area contributed by atoms with Gasteiger partial charge in [0.15, 0.2) is 5.76 Å². The molecule has 0 radical (unpaired) electrons. The molecular formula is C13H12N2O5. The van der Waals surface area contributed by atoms with Crippen LogP contribution in [0.5, 0.6) is 0 Å². The van der Waals surface area contributed by atoms with Crippen LogP contribution in [0.2, 0.25) is 0 Å². The first-order valence-corrected chi connectivity index (χ1v) is 5.91. The molecule has 1 amide bonds. The summed E-state index contributed by atoms with van der Waals surface area (Å²) in [5, 5.41) is 13.7. The van der Waals surface area contributed by atoms with E-state index in [1.165, 1.54) is 18.2 Å². The van der Waals surface area contributed by atoms with Crippen molar-refractivity contribution in [2.24, 2.45) is 0 Å². The van der Waals surface area contributed by atoms with Gasteiger partial charge in [-0.2, -0.15) is 0 Å². The van der Waals surface area contributed by atoms with E-state index in [4.69, 9.17) is 4.42 Å². The molecule has 0 aliphatic heterocycles. The molecule has 0 unspecified atom stereocenters. The zero-order valence-electron chi connectivity index (χ0n) is 10.9. The Hall–Kier alpha value is -2.70. The molecule has 0 spiro atoms. The zero-order chi connectivity index (χ0) is 14.9. The highest BCUT2D eigenvalue weighted by Crippen LogP contribution is 2.19. The second-order valence-electron chi connectivity index (χ2n) is 4.55. The molecule has 7 nitrogen and oxygen atoms in total. The van der Waals surface area contributed by atoms with Crippen molar-refractivity contribution >= 4 is 22.4 Å². The van der Waals surface area contributed by atoms with Crippen molar-refractivity contribution in [3.8, 4) is 0 Å². The lowest BCUT2D eigenvalue weighted by Gasteiger charge is -2.07. The Morgan fingerprint density at radius 1 is 1.35 bits per heavy atom. The molecule has 0 saturated carbocycles. The smallest absolute Gasteiger partial charge is 0.344 e. The van der Waals surface area contributed by atoms with E-state index >= 15 is 0 Å². The molecular weight excluding hydrogens is 264 g/mol. The number of nitro groups is 1. The van der Waals surface area contributed by atoms with Crippen LogP contribution in [0.4, 0.5) is 5.69 Å². The summed E-state index contributed by atoms with van der Waals surface area (Å²) in [7, 11) is 0. The molecule has 0 bridgehead atoms. The SMILES string of the molecule is CC(C)NC(=O)c1cc2ccc([N+](=O)[O-])cc2c(=O)o1. The molecule has 0 atom stereocenters. The first kappa shape index (κ1) is 13.7. The highest BCUT2D eigenvalue weighted by atomic mass is 16.6. The Bertz CT molecular complexity index is 748. The van der Waals surface area contributed by atoms with Crippen LogP contribution >= 0.6 is 0 Å². The summed E-state index contributed by atoms with van der Waals surface area (Å²) < 4.78 is 4.90. The maximum Gasteiger partial charge on any atom is 0.344 e. The fraction of sp³-hybridized carbons (Fsp3) is 0.231. The second-order valence-corrected chi connectivity index (χ2v) is 4.55. The van der Waals surface area contributed by atoms with Crippen LogP contribution in [-0.4, -0.2) is 16.9 Å². The Morgan fingerprint density at radius 2 is 2.05 bits per heavy atom. The predicted octanol–water partition coefficient (Wildman–Crippen LogP) is 1.84. The number of non-ortho nitro benzene ring substituents is 1. The summed E-state index contributed by atoms with van der Waals surface area (Å²) in [5.41, 5.74) is -0.982. The molecule has 0 fully saturated rings. The van der Waals surface area contributed by atoms with Gasteiger partial charge in [0.05, 0.1) is 10.3 Å². The molecule has 1 N–H and O–H groups in total. The maximum atomic E-state index is 11.8. The maximum absolute atomic E-state index is 11.8. The Morgan fingerprint density at radius 3 is 2.65 bits per heavy atom. The number of hydrogen-bond donors (Lipinski definition) is 1. The molecule has 104 valence electrons. The fourth-order valence-corrected chi connectivity index (χ4v) is 1.73. The lowest BCUT2D eigenvalue weighted by Crippen LogP contribution is -2.30. The van der Waals surface area contributed by atoms with Gasteiger partial charge < -0.3 is 9.73 Å². The van der Waals surface area contributed by atoms with Gasteiger partial charge in [-0.15, -0.1) is 0 Å². The lowest BCUT2D eigenvalue weighted by molar-refractivity contribution is -0.384. The van der Waals surface area contributed by atoms with Gasteiger partial charge in [-0.3, -0.25) is 14.9 Å². The number of carbonyl (C=O) groups is 1. The number of nitro benzene ring substituents is 1. The van der Waals surface area contributed by atoms with Gasteiger partial charge in [0.1, 0.15) is 0 Å². The summed E-state index contributed by atoms with van der Waals surface area (Å²) in [6, 6.07) is 5.10. The van der Waals surface area contributed by atoms with Crippen molar-refractivity contribution in [3.05, 3.63) is 50.6 Å². The second kappa shape index (κ2) is 5.12. The van der Waals surface area contributed by atoms with E-state index in [0.717, 1.165) is 6.07 Å². The number of rotatable bonds is 3. The number of nitrogens with one attached hydrogen (secondary N) is 1. The molecule has 0 aliphatic carbocycles. The van der Waals surface area contributed by atoms with E-state index in [1.807, 2.05) is 0 Å². The number of nitrogens with zero attached hydrogens (tertiary/aromatic N) is 1. The monoisotopic (exact) mass is 276 g/mol. The minimum absolute atomic E-state index is 0.0697. The van der Waals surface area contributed by atoms with E-state index in [-0.39, 0.29) is 22.9 Å². The van der Waals surface area contributed by atoms with Crippen LogP contribution in [0.25, 0.3) is 10.8 Å². The average molecular weight is 276 g/mol. The van der Waals surface area contributed by atoms with Crippen LogP contribution in [0.15, 0.2) is 33.5 Å². The van der Waals surface area contributed by atoms with Crippen molar-refractivity contribution in [2.75, 3.05) is 0 Å².